The van der Waals surface area contributed by atoms with Crippen molar-refractivity contribution in [2.45, 2.75) is 33.1 Å². The van der Waals surface area contributed by atoms with Crippen molar-refractivity contribution in [1.29, 1.82) is 0 Å². The first-order chi connectivity index (χ1) is 9.23. The monoisotopic (exact) mass is 261 g/mol. The van der Waals surface area contributed by atoms with Crippen LogP contribution in [0.3, 0.4) is 0 Å². The molecule has 19 heavy (non-hydrogen) atoms. The van der Waals surface area contributed by atoms with Crippen molar-refractivity contribution in [3.63, 3.8) is 0 Å². The van der Waals surface area contributed by atoms with E-state index in [-0.39, 0.29) is 11.2 Å². The summed E-state index contributed by atoms with van der Waals surface area (Å²) >= 11 is 0. The van der Waals surface area contributed by atoms with Gasteiger partial charge in [0.2, 0.25) is 0 Å². The molecular weight excluding hydrogens is 238 g/mol. The molecule has 1 fully saturated rings. The van der Waals surface area contributed by atoms with Crippen molar-refractivity contribution < 1.29 is 9.53 Å². The molecule has 0 radical (unpaired) electrons. The molecule has 0 amide bonds. The summed E-state index contributed by atoms with van der Waals surface area (Å²) in [6.07, 6.45) is 2.74. The Morgan fingerprint density at radius 2 is 2.16 bits per heavy atom. The Morgan fingerprint density at radius 1 is 1.37 bits per heavy atom. The number of benzene rings is 1. The fourth-order valence-corrected chi connectivity index (χ4v) is 2.68. The fourth-order valence-electron chi connectivity index (χ4n) is 2.68. The molecule has 1 aliphatic heterocycles. The summed E-state index contributed by atoms with van der Waals surface area (Å²) in [5.74, 6) is 0.959. The largest absolute Gasteiger partial charge is 0.493 e. The molecule has 1 aromatic rings. The van der Waals surface area contributed by atoms with Crippen LogP contribution in [0.5, 0.6) is 5.75 Å². The smallest absolute Gasteiger partial charge is 0.174 e. The van der Waals surface area contributed by atoms with Crippen molar-refractivity contribution in [2.24, 2.45) is 5.41 Å². The second-order valence-electron chi connectivity index (χ2n) is 5.23. The third kappa shape index (κ3) is 2.81. The Labute approximate surface area is 115 Å². The highest BCUT2D eigenvalue weighted by Crippen LogP contribution is 2.36. The summed E-state index contributed by atoms with van der Waals surface area (Å²) in [7, 11) is 0. The number of nitrogens with one attached hydrogen (secondary N) is 1. The van der Waals surface area contributed by atoms with Gasteiger partial charge in [-0.3, -0.25) is 4.79 Å². The maximum Gasteiger partial charge on any atom is 0.174 e. The van der Waals surface area contributed by atoms with E-state index in [1.807, 2.05) is 24.3 Å². The van der Waals surface area contributed by atoms with Gasteiger partial charge in [0.1, 0.15) is 5.75 Å². The Kier molecular flexibility index (Phi) is 4.59. The molecule has 0 spiro atoms. The predicted molar refractivity (Wildman–Crippen MR) is 76.8 cm³/mol. The third-order valence-electron chi connectivity index (χ3n) is 4.00. The summed E-state index contributed by atoms with van der Waals surface area (Å²) < 4.78 is 5.72. The molecule has 0 aromatic heterocycles. The molecule has 3 heteroatoms. The predicted octanol–water partition coefficient (Wildman–Crippen LogP) is 3.05. The van der Waals surface area contributed by atoms with E-state index < -0.39 is 0 Å². The van der Waals surface area contributed by atoms with Crippen LogP contribution in [0.25, 0.3) is 0 Å². The second kappa shape index (κ2) is 6.20. The topological polar surface area (TPSA) is 38.3 Å². The Balaban J connectivity index is 2.27. The molecule has 1 atom stereocenters. The second-order valence-corrected chi connectivity index (χ2v) is 5.23. The first-order valence-corrected chi connectivity index (χ1v) is 7.21. The SMILES string of the molecule is CCCOc1ccccc1C(=O)C1(CC)CCNC1. The maximum atomic E-state index is 12.9. The summed E-state index contributed by atoms with van der Waals surface area (Å²) in [5.41, 5.74) is 0.493. The minimum Gasteiger partial charge on any atom is -0.493 e. The number of carbonyl (C=O) groups excluding carboxylic acids is 1. The standard InChI is InChI=1S/C16H23NO2/c1-3-11-19-14-8-6-5-7-13(14)15(18)16(4-2)9-10-17-12-16/h5-8,17H,3-4,9-12H2,1-2H3. The van der Waals surface area contributed by atoms with Crippen LogP contribution in [0.4, 0.5) is 0 Å². The molecule has 104 valence electrons. The van der Waals surface area contributed by atoms with Crippen LogP contribution in [0.15, 0.2) is 24.3 Å². The molecule has 1 aliphatic rings. The van der Waals surface area contributed by atoms with E-state index in [0.29, 0.717) is 6.61 Å². The summed E-state index contributed by atoms with van der Waals surface area (Å²) in [5, 5.41) is 3.32. The average molecular weight is 261 g/mol. The van der Waals surface area contributed by atoms with Gasteiger partial charge in [0, 0.05) is 12.0 Å². The number of ketones is 1. The normalized spacial score (nSPS) is 22.4. The van der Waals surface area contributed by atoms with Crippen molar-refractivity contribution in [3.8, 4) is 5.75 Å². The highest BCUT2D eigenvalue weighted by atomic mass is 16.5. The molecule has 0 aliphatic carbocycles. The number of rotatable bonds is 6. The van der Waals surface area contributed by atoms with E-state index in [1.54, 1.807) is 0 Å². The van der Waals surface area contributed by atoms with Crippen molar-refractivity contribution in [2.75, 3.05) is 19.7 Å². The lowest BCUT2D eigenvalue weighted by Crippen LogP contribution is -2.33. The van der Waals surface area contributed by atoms with E-state index in [4.69, 9.17) is 4.74 Å². The number of para-hydroxylation sites is 1. The van der Waals surface area contributed by atoms with E-state index in [2.05, 4.69) is 19.2 Å². The lowest BCUT2D eigenvalue weighted by molar-refractivity contribution is 0.0806. The number of ether oxygens (including phenoxy) is 1. The quantitative estimate of drug-likeness (QED) is 0.800. The van der Waals surface area contributed by atoms with Gasteiger partial charge in [0.05, 0.1) is 12.2 Å². The minimum absolute atomic E-state index is 0.228. The highest BCUT2D eigenvalue weighted by Gasteiger charge is 2.40. The highest BCUT2D eigenvalue weighted by molar-refractivity contribution is 6.03. The van der Waals surface area contributed by atoms with Crippen LogP contribution >= 0.6 is 0 Å². The molecule has 2 rings (SSSR count). The molecule has 0 saturated carbocycles. The minimum atomic E-state index is -0.244. The van der Waals surface area contributed by atoms with Crippen LogP contribution in [0.2, 0.25) is 0 Å². The van der Waals surface area contributed by atoms with Crippen molar-refractivity contribution >= 4 is 5.78 Å². The lowest BCUT2D eigenvalue weighted by Gasteiger charge is -2.25. The van der Waals surface area contributed by atoms with E-state index in [1.165, 1.54) is 0 Å². The Morgan fingerprint density at radius 3 is 2.79 bits per heavy atom. The lowest BCUT2D eigenvalue weighted by atomic mass is 9.77. The number of carbonyl (C=O) groups is 1. The molecule has 0 bridgehead atoms. The number of hydrogen-bond donors (Lipinski definition) is 1. The van der Waals surface area contributed by atoms with Gasteiger partial charge in [-0.25, -0.2) is 0 Å². The Hall–Kier alpha value is -1.35. The number of hydrogen-bond acceptors (Lipinski definition) is 3. The summed E-state index contributed by atoms with van der Waals surface area (Å²) in [4.78, 5) is 12.9. The molecule has 1 aromatic carbocycles. The van der Waals surface area contributed by atoms with Gasteiger partial charge >= 0.3 is 0 Å². The van der Waals surface area contributed by atoms with Gasteiger partial charge in [0.25, 0.3) is 0 Å². The van der Waals surface area contributed by atoms with Gasteiger partial charge in [-0.15, -0.1) is 0 Å². The first-order valence-electron chi connectivity index (χ1n) is 7.21. The zero-order valence-corrected chi connectivity index (χ0v) is 11.9. The zero-order chi connectivity index (χ0) is 13.7. The molecule has 1 unspecified atom stereocenters. The van der Waals surface area contributed by atoms with Gasteiger partial charge in [0.15, 0.2) is 5.78 Å². The molecule has 3 nitrogen and oxygen atoms in total. The van der Waals surface area contributed by atoms with E-state index in [0.717, 1.165) is 43.7 Å². The van der Waals surface area contributed by atoms with Crippen LogP contribution in [-0.4, -0.2) is 25.5 Å². The maximum absolute atomic E-state index is 12.9. The van der Waals surface area contributed by atoms with Crippen LogP contribution in [0, 0.1) is 5.41 Å². The molecule has 1 N–H and O–H groups in total. The summed E-state index contributed by atoms with van der Waals surface area (Å²) in [6, 6.07) is 7.63. The molecule has 1 saturated heterocycles. The average Bonchev–Trinajstić information content (AvgIpc) is 2.95. The summed E-state index contributed by atoms with van der Waals surface area (Å²) in [6.45, 7) is 6.53. The van der Waals surface area contributed by atoms with E-state index in [9.17, 15) is 4.79 Å². The van der Waals surface area contributed by atoms with Gasteiger partial charge in [-0.1, -0.05) is 26.0 Å². The third-order valence-corrected chi connectivity index (χ3v) is 4.00. The van der Waals surface area contributed by atoms with Crippen molar-refractivity contribution in [1.82, 2.24) is 5.32 Å². The molecule has 1 heterocycles. The van der Waals surface area contributed by atoms with Crippen LogP contribution < -0.4 is 10.1 Å². The molecular formula is C16H23NO2. The zero-order valence-electron chi connectivity index (χ0n) is 11.9. The van der Waals surface area contributed by atoms with E-state index >= 15 is 0 Å². The van der Waals surface area contributed by atoms with Gasteiger partial charge < -0.3 is 10.1 Å². The Bertz CT molecular complexity index is 436. The van der Waals surface area contributed by atoms with Crippen LogP contribution in [-0.2, 0) is 0 Å². The van der Waals surface area contributed by atoms with Crippen LogP contribution in [0.1, 0.15) is 43.5 Å². The number of Topliss-reactive ketones (excluding diaryl/α,β-unsaturated/α-hetero) is 1. The fraction of sp³-hybridized carbons (Fsp3) is 0.562. The first kappa shape index (κ1) is 14.1. The van der Waals surface area contributed by atoms with Gasteiger partial charge in [-0.05, 0) is 37.9 Å². The van der Waals surface area contributed by atoms with Gasteiger partial charge in [-0.2, -0.15) is 0 Å². The van der Waals surface area contributed by atoms with Crippen molar-refractivity contribution in [3.05, 3.63) is 29.8 Å².